The Labute approximate surface area is 116 Å². The summed E-state index contributed by atoms with van der Waals surface area (Å²) in [5, 5.41) is 11.8. The van der Waals surface area contributed by atoms with Crippen LogP contribution in [0.15, 0.2) is 0 Å². The van der Waals surface area contributed by atoms with E-state index in [4.69, 9.17) is 11.6 Å². The van der Waals surface area contributed by atoms with E-state index < -0.39 is 0 Å². The molecule has 6 heteroatoms. The fourth-order valence-electron chi connectivity index (χ4n) is 2.35. The molecule has 0 unspecified atom stereocenters. The molecular weight excluding hydrogens is 270 g/mol. The van der Waals surface area contributed by atoms with Crippen LogP contribution in [0.2, 0.25) is 0 Å². The zero-order valence-corrected chi connectivity index (χ0v) is 11.9. The minimum absolute atomic E-state index is 0.0397. The summed E-state index contributed by atoms with van der Waals surface area (Å²) in [5.74, 6) is 1.12. The van der Waals surface area contributed by atoms with Crippen LogP contribution in [0.25, 0.3) is 0 Å². The Hall–Kier alpha value is -0.680. The second-order valence-corrected chi connectivity index (χ2v) is 6.05. The van der Waals surface area contributed by atoms with Gasteiger partial charge in [-0.15, -0.1) is 21.8 Å². The standard InChI is InChI=1S/C12H18ClN3OS/c13-8-11-15-16-12(18-11)14-10(17)7-6-9-4-2-1-3-5-9/h9H,1-8H2,(H,14,16,17). The number of rotatable bonds is 5. The third kappa shape index (κ3) is 4.21. The lowest BCUT2D eigenvalue weighted by Gasteiger charge is -2.20. The largest absolute Gasteiger partial charge is 0.301 e. The molecular formula is C12H18ClN3OS. The number of anilines is 1. The number of amides is 1. The van der Waals surface area contributed by atoms with Crippen molar-refractivity contribution in [3.63, 3.8) is 0 Å². The molecule has 0 radical (unpaired) electrons. The van der Waals surface area contributed by atoms with Crippen molar-refractivity contribution < 1.29 is 4.79 Å². The summed E-state index contributed by atoms with van der Waals surface area (Å²) in [6.07, 6.45) is 8.14. The first-order valence-corrected chi connectivity index (χ1v) is 7.81. The molecule has 1 heterocycles. The molecule has 1 fully saturated rings. The Morgan fingerprint density at radius 3 is 2.78 bits per heavy atom. The summed E-state index contributed by atoms with van der Waals surface area (Å²) >= 11 is 6.97. The number of halogens is 1. The van der Waals surface area contributed by atoms with E-state index in [0.29, 0.717) is 17.4 Å². The lowest BCUT2D eigenvalue weighted by molar-refractivity contribution is -0.116. The highest BCUT2D eigenvalue weighted by atomic mass is 35.5. The predicted molar refractivity (Wildman–Crippen MR) is 73.9 cm³/mol. The van der Waals surface area contributed by atoms with E-state index in [1.165, 1.54) is 43.4 Å². The quantitative estimate of drug-likeness (QED) is 0.842. The van der Waals surface area contributed by atoms with E-state index >= 15 is 0 Å². The molecule has 0 atom stereocenters. The second-order valence-electron chi connectivity index (χ2n) is 4.73. The third-order valence-corrected chi connectivity index (χ3v) is 4.58. The molecule has 1 aliphatic carbocycles. The van der Waals surface area contributed by atoms with Crippen molar-refractivity contribution in [3.8, 4) is 0 Å². The van der Waals surface area contributed by atoms with E-state index in [1.54, 1.807) is 0 Å². The normalized spacial score (nSPS) is 16.7. The number of carbonyl (C=O) groups is 1. The van der Waals surface area contributed by atoms with Crippen molar-refractivity contribution in [2.75, 3.05) is 5.32 Å². The lowest BCUT2D eigenvalue weighted by Crippen LogP contribution is -2.14. The van der Waals surface area contributed by atoms with E-state index in [0.717, 1.165) is 17.3 Å². The zero-order valence-electron chi connectivity index (χ0n) is 10.3. The molecule has 0 saturated heterocycles. The molecule has 0 aliphatic heterocycles. The number of alkyl halides is 1. The van der Waals surface area contributed by atoms with Gasteiger partial charge in [-0.05, 0) is 12.3 Å². The van der Waals surface area contributed by atoms with Crippen molar-refractivity contribution in [1.29, 1.82) is 0 Å². The molecule has 0 spiro atoms. The van der Waals surface area contributed by atoms with Crippen molar-refractivity contribution in [1.82, 2.24) is 10.2 Å². The predicted octanol–water partition coefficient (Wildman–Crippen LogP) is 3.58. The van der Waals surface area contributed by atoms with Crippen LogP contribution >= 0.6 is 22.9 Å². The van der Waals surface area contributed by atoms with Gasteiger partial charge in [0.1, 0.15) is 5.01 Å². The molecule has 1 aromatic rings. The van der Waals surface area contributed by atoms with Gasteiger partial charge in [-0.25, -0.2) is 0 Å². The van der Waals surface area contributed by atoms with Crippen LogP contribution < -0.4 is 5.32 Å². The van der Waals surface area contributed by atoms with Crippen molar-refractivity contribution in [3.05, 3.63) is 5.01 Å². The van der Waals surface area contributed by atoms with Gasteiger partial charge in [0, 0.05) is 6.42 Å². The monoisotopic (exact) mass is 287 g/mol. The molecule has 1 N–H and O–H groups in total. The molecule has 0 aromatic carbocycles. The molecule has 4 nitrogen and oxygen atoms in total. The molecule has 1 amide bonds. The van der Waals surface area contributed by atoms with E-state index in [9.17, 15) is 4.79 Å². The zero-order chi connectivity index (χ0) is 12.8. The third-order valence-electron chi connectivity index (χ3n) is 3.33. The van der Waals surface area contributed by atoms with Crippen LogP contribution in [0.5, 0.6) is 0 Å². The van der Waals surface area contributed by atoms with Crippen LogP contribution in [0.4, 0.5) is 5.13 Å². The summed E-state index contributed by atoms with van der Waals surface area (Å²) in [7, 11) is 0. The summed E-state index contributed by atoms with van der Waals surface area (Å²) in [5.41, 5.74) is 0. The van der Waals surface area contributed by atoms with Gasteiger partial charge in [0.15, 0.2) is 0 Å². The Morgan fingerprint density at radius 2 is 2.11 bits per heavy atom. The Balaban J connectivity index is 1.71. The van der Waals surface area contributed by atoms with Gasteiger partial charge in [-0.2, -0.15) is 0 Å². The van der Waals surface area contributed by atoms with Crippen molar-refractivity contribution in [2.24, 2.45) is 5.92 Å². The van der Waals surface area contributed by atoms with Gasteiger partial charge < -0.3 is 5.32 Å². The van der Waals surface area contributed by atoms with Crippen LogP contribution in [-0.4, -0.2) is 16.1 Å². The van der Waals surface area contributed by atoms with Gasteiger partial charge in [-0.3, -0.25) is 4.79 Å². The fraction of sp³-hybridized carbons (Fsp3) is 0.750. The summed E-state index contributed by atoms with van der Waals surface area (Å²) in [4.78, 5) is 11.7. The molecule has 1 aliphatic rings. The van der Waals surface area contributed by atoms with E-state index in [-0.39, 0.29) is 5.91 Å². The van der Waals surface area contributed by atoms with Gasteiger partial charge in [0.05, 0.1) is 5.88 Å². The number of nitrogens with zero attached hydrogens (tertiary/aromatic N) is 2. The van der Waals surface area contributed by atoms with E-state index in [2.05, 4.69) is 15.5 Å². The van der Waals surface area contributed by atoms with Gasteiger partial charge >= 0.3 is 0 Å². The van der Waals surface area contributed by atoms with E-state index in [1.807, 2.05) is 0 Å². The highest BCUT2D eigenvalue weighted by Crippen LogP contribution is 2.27. The first-order valence-electron chi connectivity index (χ1n) is 6.46. The minimum Gasteiger partial charge on any atom is -0.301 e. The fourth-order valence-corrected chi connectivity index (χ4v) is 3.17. The van der Waals surface area contributed by atoms with Gasteiger partial charge in [0.25, 0.3) is 0 Å². The minimum atomic E-state index is 0.0397. The maximum Gasteiger partial charge on any atom is 0.226 e. The Kier molecular flexibility index (Phi) is 5.38. The lowest BCUT2D eigenvalue weighted by atomic mass is 9.86. The molecule has 1 saturated carbocycles. The number of aromatic nitrogens is 2. The number of hydrogen-bond donors (Lipinski definition) is 1. The Bertz CT molecular complexity index is 390. The first kappa shape index (κ1) is 13.7. The molecule has 1 aromatic heterocycles. The molecule has 0 bridgehead atoms. The molecule has 18 heavy (non-hydrogen) atoms. The van der Waals surface area contributed by atoms with Crippen LogP contribution in [0.1, 0.15) is 50.0 Å². The van der Waals surface area contributed by atoms with Crippen molar-refractivity contribution >= 4 is 34.0 Å². The molecule has 100 valence electrons. The molecule has 2 rings (SSSR count). The van der Waals surface area contributed by atoms with Crippen LogP contribution in [0.3, 0.4) is 0 Å². The number of hydrogen-bond acceptors (Lipinski definition) is 4. The summed E-state index contributed by atoms with van der Waals surface area (Å²) in [6.45, 7) is 0. The van der Waals surface area contributed by atoms with Crippen LogP contribution in [0, 0.1) is 5.92 Å². The maximum atomic E-state index is 11.7. The highest BCUT2D eigenvalue weighted by Gasteiger charge is 2.15. The maximum absolute atomic E-state index is 11.7. The second kappa shape index (κ2) is 7.04. The smallest absolute Gasteiger partial charge is 0.226 e. The first-order chi connectivity index (χ1) is 8.78. The van der Waals surface area contributed by atoms with Crippen LogP contribution in [-0.2, 0) is 10.7 Å². The average Bonchev–Trinajstić information content (AvgIpc) is 2.85. The number of nitrogens with one attached hydrogen (secondary N) is 1. The number of carbonyl (C=O) groups excluding carboxylic acids is 1. The average molecular weight is 288 g/mol. The van der Waals surface area contributed by atoms with Gasteiger partial charge in [-0.1, -0.05) is 43.4 Å². The van der Waals surface area contributed by atoms with Crippen molar-refractivity contribution in [2.45, 2.75) is 50.8 Å². The summed E-state index contributed by atoms with van der Waals surface area (Å²) < 4.78 is 0. The highest BCUT2D eigenvalue weighted by molar-refractivity contribution is 7.15. The SMILES string of the molecule is O=C(CCC1CCCCC1)Nc1nnc(CCl)s1. The van der Waals surface area contributed by atoms with Gasteiger partial charge in [0.2, 0.25) is 11.0 Å². The topological polar surface area (TPSA) is 54.9 Å². The Morgan fingerprint density at radius 1 is 1.33 bits per heavy atom. The summed E-state index contributed by atoms with van der Waals surface area (Å²) in [6, 6.07) is 0.